The van der Waals surface area contributed by atoms with Gasteiger partial charge in [-0.25, -0.2) is 0 Å². The summed E-state index contributed by atoms with van der Waals surface area (Å²) in [5.41, 5.74) is -6.45. The van der Waals surface area contributed by atoms with Crippen molar-refractivity contribution < 1.29 is 106 Å². The number of hydrogen-bond acceptors (Lipinski definition) is 2. The molecule has 0 aliphatic carbocycles. The molecular formula is C26F22O2Se. The van der Waals surface area contributed by atoms with Crippen molar-refractivity contribution in [2.45, 2.75) is 12.4 Å². The molecule has 0 saturated carbocycles. The summed E-state index contributed by atoms with van der Waals surface area (Å²) in [5.74, 6) is -60.3. The standard InChI is InChI=1S/C26F22O2Se/c27-3-1(25(43,44)45)4(28)8(32)19(7(3)31)49-21-11(35)15(39)23(16(40)12(21)36)51-24-17(41)13(37)22(14(38)18(24)42)50-20-9(33)5(29)2(26(46,47)48)6(30)10(20)34. The number of rotatable bonds is 6. The third-order valence-electron chi connectivity index (χ3n) is 5.99. The summed E-state index contributed by atoms with van der Waals surface area (Å²) < 4.78 is 309. The Morgan fingerprint density at radius 1 is 0.275 bits per heavy atom. The predicted molar refractivity (Wildman–Crippen MR) is 120 cm³/mol. The van der Waals surface area contributed by atoms with E-state index in [1.165, 1.54) is 0 Å². The summed E-state index contributed by atoms with van der Waals surface area (Å²) in [6.07, 6.45) is -12.3. The summed E-state index contributed by atoms with van der Waals surface area (Å²) in [6, 6.07) is 0. The Morgan fingerprint density at radius 2 is 0.451 bits per heavy atom. The minimum absolute atomic E-state index is 2.25. The SMILES string of the molecule is Fc1c(F)c([Se]c2c(F)c(F)c(Oc3c(F)c(F)c(C(F)(F)F)c(F)c3F)c(F)c2F)c(F)c(F)c1Oc1c(F)c(F)c(C(F)(F)F)c(F)c1F. The van der Waals surface area contributed by atoms with E-state index >= 15 is 0 Å². The fraction of sp³-hybridized carbons (Fsp3) is 0.0769. The zero-order valence-corrected chi connectivity index (χ0v) is 24.3. The van der Waals surface area contributed by atoms with Gasteiger partial charge in [-0.15, -0.1) is 0 Å². The fourth-order valence-corrected chi connectivity index (χ4v) is 5.68. The average Bonchev–Trinajstić information content (AvgIpc) is 3.02. The third-order valence-corrected chi connectivity index (χ3v) is 8.35. The van der Waals surface area contributed by atoms with Gasteiger partial charge in [0.05, 0.1) is 0 Å². The predicted octanol–water partition coefficient (Wildman–Crippen LogP) is 9.19. The van der Waals surface area contributed by atoms with Crippen LogP contribution in [0.15, 0.2) is 0 Å². The summed E-state index contributed by atoms with van der Waals surface area (Å²) in [7, 11) is 0. The van der Waals surface area contributed by atoms with E-state index in [9.17, 15) is 96.6 Å². The third kappa shape index (κ3) is 6.44. The number of ether oxygens (including phenoxy) is 2. The molecule has 0 radical (unpaired) electrons. The van der Waals surface area contributed by atoms with Gasteiger partial charge in [-0.1, -0.05) is 0 Å². The summed E-state index contributed by atoms with van der Waals surface area (Å²) in [5, 5.41) is 0. The first kappa shape index (κ1) is 39.2. The van der Waals surface area contributed by atoms with E-state index in [2.05, 4.69) is 9.47 Å². The van der Waals surface area contributed by atoms with Crippen molar-refractivity contribution >= 4 is 23.9 Å². The van der Waals surface area contributed by atoms with Crippen LogP contribution in [0.5, 0.6) is 23.0 Å². The van der Waals surface area contributed by atoms with Gasteiger partial charge in [0.15, 0.2) is 0 Å². The number of hydrogen-bond donors (Lipinski definition) is 0. The Balaban J connectivity index is 1.81. The van der Waals surface area contributed by atoms with Crippen molar-refractivity contribution in [2.75, 3.05) is 0 Å². The Hall–Kier alpha value is -4.54. The molecular weight excluding hydrogens is 841 g/mol. The molecule has 0 spiro atoms. The molecule has 4 rings (SSSR count). The molecule has 0 aromatic heterocycles. The quantitative estimate of drug-likeness (QED) is 0.110. The Bertz CT molecular complexity index is 1860. The van der Waals surface area contributed by atoms with Gasteiger partial charge in [-0.05, 0) is 0 Å². The van der Waals surface area contributed by atoms with Gasteiger partial charge in [0.1, 0.15) is 0 Å². The maximum absolute atomic E-state index is 14.8. The van der Waals surface area contributed by atoms with Crippen molar-refractivity contribution in [1.82, 2.24) is 0 Å². The number of alkyl halides is 6. The topological polar surface area (TPSA) is 18.5 Å². The second kappa shape index (κ2) is 13.2. The van der Waals surface area contributed by atoms with Gasteiger partial charge < -0.3 is 0 Å². The second-order valence-corrected chi connectivity index (χ2v) is 11.2. The van der Waals surface area contributed by atoms with Crippen LogP contribution in [0.3, 0.4) is 0 Å². The van der Waals surface area contributed by atoms with E-state index < -0.39 is 163 Å². The monoisotopic (exact) mass is 842 g/mol. The van der Waals surface area contributed by atoms with E-state index in [-0.39, 0.29) is 0 Å². The molecule has 4 aromatic carbocycles. The molecule has 4 aromatic rings. The van der Waals surface area contributed by atoms with Gasteiger partial charge in [0.2, 0.25) is 0 Å². The molecule has 25 heteroatoms. The first-order valence-electron chi connectivity index (χ1n) is 11.9. The Kier molecular flexibility index (Phi) is 10.2. The zero-order valence-electron chi connectivity index (χ0n) is 22.5. The molecule has 0 bridgehead atoms. The summed E-state index contributed by atoms with van der Waals surface area (Å²) in [6.45, 7) is 0. The summed E-state index contributed by atoms with van der Waals surface area (Å²) in [4.78, 5) is 0. The van der Waals surface area contributed by atoms with Crippen LogP contribution < -0.4 is 18.4 Å². The molecule has 0 atom stereocenters. The van der Waals surface area contributed by atoms with Crippen LogP contribution in [0.4, 0.5) is 96.6 Å². The zero-order chi connectivity index (χ0) is 39.0. The molecule has 0 saturated heterocycles. The van der Waals surface area contributed by atoms with Crippen LogP contribution in [-0.4, -0.2) is 15.0 Å². The van der Waals surface area contributed by atoms with Crippen LogP contribution in [0.2, 0.25) is 0 Å². The molecule has 0 fully saturated rings. The molecule has 0 N–H and O–H groups in total. The molecule has 0 aliphatic heterocycles. The van der Waals surface area contributed by atoms with Crippen molar-refractivity contribution in [3.05, 3.63) is 104 Å². The van der Waals surface area contributed by atoms with Crippen LogP contribution in [0.25, 0.3) is 0 Å². The van der Waals surface area contributed by atoms with Crippen molar-refractivity contribution in [3.63, 3.8) is 0 Å². The van der Waals surface area contributed by atoms with Crippen LogP contribution in [0, 0.1) is 93.1 Å². The van der Waals surface area contributed by atoms with E-state index in [4.69, 9.17) is 0 Å². The van der Waals surface area contributed by atoms with Crippen molar-refractivity contribution in [3.8, 4) is 23.0 Å². The van der Waals surface area contributed by atoms with Crippen molar-refractivity contribution in [1.29, 1.82) is 0 Å². The minimum atomic E-state index is -6.13. The Labute approximate surface area is 269 Å². The van der Waals surface area contributed by atoms with Crippen LogP contribution in [0.1, 0.15) is 11.1 Å². The normalized spacial score (nSPS) is 12.2. The van der Waals surface area contributed by atoms with Crippen LogP contribution >= 0.6 is 0 Å². The molecule has 2 nitrogen and oxygen atoms in total. The first-order valence-corrected chi connectivity index (χ1v) is 13.6. The molecule has 0 heterocycles. The maximum atomic E-state index is 14.8. The van der Waals surface area contributed by atoms with Crippen molar-refractivity contribution in [2.24, 2.45) is 0 Å². The number of benzene rings is 4. The summed E-state index contributed by atoms with van der Waals surface area (Å²) >= 11 is -3.13. The van der Waals surface area contributed by atoms with E-state index in [1.807, 2.05) is 0 Å². The molecule has 0 amide bonds. The van der Waals surface area contributed by atoms with Gasteiger partial charge >= 0.3 is 269 Å². The second-order valence-electron chi connectivity index (χ2n) is 9.05. The first-order chi connectivity index (χ1) is 23.3. The van der Waals surface area contributed by atoms with E-state index in [1.54, 1.807) is 0 Å². The molecule has 0 aliphatic rings. The number of halogens is 22. The molecule has 276 valence electrons. The Morgan fingerprint density at radius 3 is 0.627 bits per heavy atom. The van der Waals surface area contributed by atoms with Gasteiger partial charge in [0.25, 0.3) is 0 Å². The van der Waals surface area contributed by atoms with Gasteiger partial charge in [-0.3, -0.25) is 0 Å². The van der Waals surface area contributed by atoms with Gasteiger partial charge in [0, 0.05) is 0 Å². The van der Waals surface area contributed by atoms with E-state index in [0.29, 0.717) is 0 Å². The van der Waals surface area contributed by atoms with Crippen LogP contribution in [-0.2, 0) is 12.4 Å². The fourth-order valence-electron chi connectivity index (χ4n) is 3.75. The average molecular weight is 841 g/mol. The van der Waals surface area contributed by atoms with Gasteiger partial charge in [-0.2, -0.15) is 0 Å². The molecule has 51 heavy (non-hydrogen) atoms. The van der Waals surface area contributed by atoms with E-state index in [0.717, 1.165) is 0 Å². The molecule has 0 unspecified atom stereocenters.